The summed E-state index contributed by atoms with van der Waals surface area (Å²) in [6.45, 7) is 0. The third-order valence-corrected chi connectivity index (χ3v) is 2.77. The number of nitrogens with zero attached hydrogens (tertiary/aromatic N) is 3. The molecule has 0 saturated heterocycles. The van der Waals surface area contributed by atoms with Crippen LogP contribution in [0.1, 0.15) is 10.4 Å². The molecule has 0 spiro atoms. The van der Waals surface area contributed by atoms with Crippen molar-refractivity contribution in [2.75, 3.05) is 0 Å². The molecule has 3 rings (SSSR count). The Kier molecular flexibility index (Phi) is 2.63. The number of primary amides is 1. The van der Waals surface area contributed by atoms with E-state index in [0.717, 1.165) is 12.1 Å². The summed E-state index contributed by atoms with van der Waals surface area (Å²) in [5.74, 6) is -3.23. The van der Waals surface area contributed by atoms with Gasteiger partial charge in [-0.1, -0.05) is 0 Å². The van der Waals surface area contributed by atoms with Crippen molar-refractivity contribution in [3.63, 3.8) is 0 Å². The first-order valence-electron chi connectivity index (χ1n) is 5.53. The van der Waals surface area contributed by atoms with Gasteiger partial charge in [0.2, 0.25) is 5.65 Å². The Morgan fingerprint density at radius 1 is 1.15 bits per heavy atom. The molecule has 1 aromatic carbocycles. The van der Waals surface area contributed by atoms with Gasteiger partial charge in [0.25, 0.3) is 5.91 Å². The number of amides is 1. The van der Waals surface area contributed by atoms with Crippen molar-refractivity contribution in [3.8, 4) is 11.3 Å². The first kappa shape index (κ1) is 12.2. The van der Waals surface area contributed by atoms with E-state index < -0.39 is 23.1 Å². The number of aromatic amines is 1. The molecule has 0 aliphatic heterocycles. The Bertz CT molecular complexity index is 807. The second-order valence-electron chi connectivity index (χ2n) is 4.04. The Labute approximate surface area is 110 Å². The number of H-pyrrole nitrogens is 1. The molecule has 0 aliphatic rings. The molecular weight excluding hydrogens is 268 g/mol. The van der Waals surface area contributed by atoms with Crippen molar-refractivity contribution in [1.82, 2.24) is 20.4 Å². The lowest BCUT2D eigenvalue weighted by atomic mass is 10.1. The maximum atomic E-state index is 13.7. The standard InChI is InChI=1S/C12H7F2N5O/c13-6-3-5(4-7(14)10(6)11(15)20)8-1-2-9-12(16-8)18-19-17-9/h1-4H,(H2,15,20)(H,16,17,18,19). The number of carbonyl (C=O) groups excluding carboxylic acids is 1. The number of pyridine rings is 1. The number of nitrogens with two attached hydrogens (primary N) is 1. The van der Waals surface area contributed by atoms with E-state index in [9.17, 15) is 13.6 Å². The van der Waals surface area contributed by atoms with Gasteiger partial charge in [0.1, 0.15) is 22.7 Å². The van der Waals surface area contributed by atoms with Gasteiger partial charge >= 0.3 is 0 Å². The lowest BCUT2D eigenvalue weighted by Crippen LogP contribution is -2.15. The van der Waals surface area contributed by atoms with Gasteiger partial charge in [-0.3, -0.25) is 4.79 Å². The van der Waals surface area contributed by atoms with E-state index in [1.165, 1.54) is 0 Å². The minimum atomic E-state index is -1.16. The first-order valence-corrected chi connectivity index (χ1v) is 5.53. The molecule has 0 radical (unpaired) electrons. The summed E-state index contributed by atoms with van der Waals surface area (Å²) in [6, 6.07) is 5.15. The number of hydrogen-bond donors (Lipinski definition) is 2. The number of carbonyl (C=O) groups is 1. The minimum Gasteiger partial charge on any atom is -0.365 e. The number of hydrogen-bond acceptors (Lipinski definition) is 4. The van der Waals surface area contributed by atoms with Crippen LogP contribution in [0.2, 0.25) is 0 Å². The van der Waals surface area contributed by atoms with E-state index in [1.54, 1.807) is 12.1 Å². The van der Waals surface area contributed by atoms with Crippen LogP contribution in [0.3, 0.4) is 0 Å². The molecule has 0 saturated carbocycles. The van der Waals surface area contributed by atoms with Crippen LogP contribution in [0.4, 0.5) is 8.78 Å². The third kappa shape index (κ3) is 1.87. The van der Waals surface area contributed by atoms with Crippen LogP contribution in [0.15, 0.2) is 24.3 Å². The quantitative estimate of drug-likeness (QED) is 0.738. The summed E-state index contributed by atoms with van der Waals surface area (Å²) in [7, 11) is 0. The molecule has 0 atom stereocenters. The fourth-order valence-electron chi connectivity index (χ4n) is 1.85. The molecule has 0 bridgehead atoms. The Hall–Kier alpha value is -2.90. The van der Waals surface area contributed by atoms with E-state index in [0.29, 0.717) is 16.9 Å². The highest BCUT2D eigenvalue weighted by Gasteiger charge is 2.17. The highest BCUT2D eigenvalue weighted by Crippen LogP contribution is 2.24. The molecule has 0 aliphatic carbocycles. The molecule has 3 N–H and O–H groups in total. The van der Waals surface area contributed by atoms with Gasteiger partial charge in [-0.2, -0.15) is 10.3 Å². The summed E-state index contributed by atoms with van der Waals surface area (Å²) < 4.78 is 27.4. The van der Waals surface area contributed by atoms with E-state index in [2.05, 4.69) is 20.4 Å². The number of fused-ring (bicyclic) bond motifs is 1. The van der Waals surface area contributed by atoms with Crippen LogP contribution in [-0.2, 0) is 0 Å². The van der Waals surface area contributed by atoms with Crippen LogP contribution in [-0.4, -0.2) is 26.3 Å². The molecule has 1 amide bonds. The molecule has 0 unspecified atom stereocenters. The van der Waals surface area contributed by atoms with Crippen LogP contribution in [0.5, 0.6) is 0 Å². The Balaban J connectivity index is 2.16. The maximum Gasteiger partial charge on any atom is 0.254 e. The van der Waals surface area contributed by atoms with Crippen molar-refractivity contribution in [2.45, 2.75) is 0 Å². The first-order chi connectivity index (χ1) is 9.56. The van der Waals surface area contributed by atoms with Crippen molar-refractivity contribution in [2.24, 2.45) is 5.73 Å². The highest BCUT2D eigenvalue weighted by molar-refractivity contribution is 5.94. The molecule has 2 heterocycles. The summed E-state index contributed by atoms with van der Waals surface area (Å²) in [5, 5.41) is 10.00. The number of halogens is 2. The average Bonchev–Trinajstić information content (AvgIpc) is 2.84. The second-order valence-corrected chi connectivity index (χ2v) is 4.04. The van der Waals surface area contributed by atoms with Crippen molar-refractivity contribution >= 4 is 17.1 Å². The molecule has 20 heavy (non-hydrogen) atoms. The molecule has 100 valence electrons. The maximum absolute atomic E-state index is 13.7. The van der Waals surface area contributed by atoms with Crippen molar-refractivity contribution < 1.29 is 13.6 Å². The van der Waals surface area contributed by atoms with Crippen molar-refractivity contribution in [1.29, 1.82) is 0 Å². The summed E-state index contributed by atoms with van der Waals surface area (Å²) in [6.07, 6.45) is 0. The predicted octanol–water partition coefficient (Wildman–Crippen LogP) is 1.40. The van der Waals surface area contributed by atoms with Crippen LogP contribution in [0, 0.1) is 11.6 Å². The molecule has 2 aromatic heterocycles. The predicted molar refractivity (Wildman–Crippen MR) is 65.6 cm³/mol. The number of nitrogens with one attached hydrogen (secondary N) is 1. The Morgan fingerprint density at radius 2 is 1.85 bits per heavy atom. The summed E-state index contributed by atoms with van der Waals surface area (Å²) in [4.78, 5) is 15.0. The number of benzene rings is 1. The van der Waals surface area contributed by atoms with E-state index >= 15 is 0 Å². The Morgan fingerprint density at radius 3 is 2.50 bits per heavy atom. The molecule has 0 fully saturated rings. The zero-order valence-corrected chi connectivity index (χ0v) is 9.89. The third-order valence-electron chi connectivity index (χ3n) is 2.77. The lowest BCUT2D eigenvalue weighted by Gasteiger charge is -2.05. The SMILES string of the molecule is NC(=O)c1c(F)cc(-c2ccc3n[nH]nc3n2)cc1F. The number of aromatic nitrogens is 4. The topological polar surface area (TPSA) is 97.6 Å². The number of rotatable bonds is 2. The van der Waals surface area contributed by atoms with Crippen LogP contribution >= 0.6 is 0 Å². The zero-order chi connectivity index (χ0) is 14.3. The highest BCUT2D eigenvalue weighted by atomic mass is 19.1. The van der Waals surface area contributed by atoms with Gasteiger partial charge in [-0.05, 0) is 24.3 Å². The zero-order valence-electron chi connectivity index (χ0n) is 9.89. The van der Waals surface area contributed by atoms with Crippen LogP contribution in [0.25, 0.3) is 22.4 Å². The minimum absolute atomic E-state index is 0.176. The molecule has 6 nitrogen and oxygen atoms in total. The fourth-order valence-corrected chi connectivity index (χ4v) is 1.85. The van der Waals surface area contributed by atoms with E-state index in [1.807, 2.05) is 0 Å². The second kappa shape index (κ2) is 4.34. The summed E-state index contributed by atoms with van der Waals surface area (Å²) >= 11 is 0. The van der Waals surface area contributed by atoms with E-state index in [4.69, 9.17) is 5.73 Å². The lowest BCUT2D eigenvalue weighted by molar-refractivity contribution is 0.0992. The van der Waals surface area contributed by atoms with Gasteiger partial charge in [-0.25, -0.2) is 13.8 Å². The van der Waals surface area contributed by atoms with Gasteiger partial charge in [0.15, 0.2) is 0 Å². The van der Waals surface area contributed by atoms with Crippen LogP contribution < -0.4 is 5.73 Å². The molecule has 3 aromatic rings. The smallest absolute Gasteiger partial charge is 0.254 e. The summed E-state index contributed by atoms with van der Waals surface area (Å²) in [5.41, 5.74) is 5.47. The monoisotopic (exact) mass is 275 g/mol. The molecule has 8 heteroatoms. The van der Waals surface area contributed by atoms with Gasteiger partial charge in [0, 0.05) is 5.56 Å². The van der Waals surface area contributed by atoms with Gasteiger partial charge in [-0.15, -0.1) is 5.10 Å². The fraction of sp³-hybridized carbons (Fsp3) is 0. The van der Waals surface area contributed by atoms with Crippen molar-refractivity contribution in [3.05, 3.63) is 41.5 Å². The van der Waals surface area contributed by atoms with E-state index in [-0.39, 0.29) is 5.56 Å². The normalized spacial score (nSPS) is 10.9. The van der Waals surface area contributed by atoms with Gasteiger partial charge in [0.05, 0.1) is 5.69 Å². The molecular formula is C12H7F2N5O. The van der Waals surface area contributed by atoms with Gasteiger partial charge < -0.3 is 5.73 Å². The average molecular weight is 275 g/mol. The largest absolute Gasteiger partial charge is 0.365 e.